The van der Waals surface area contributed by atoms with Crippen LogP contribution in [-0.2, 0) is 9.63 Å². The number of hydrogen-bond acceptors (Lipinski definition) is 5. The number of hydroxylamine groups is 2. The topological polar surface area (TPSA) is 89.4 Å². The van der Waals surface area contributed by atoms with E-state index in [-0.39, 0.29) is 11.8 Å². The highest BCUT2D eigenvalue weighted by Gasteiger charge is 2.15. The maximum Gasteiger partial charge on any atom is 0.277 e. The van der Waals surface area contributed by atoms with Gasteiger partial charge in [-0.15, -0.1) is 5.10 Å². The Kier molecular flexibility index (Phi) is 4.29. The van der Waals surface area contributed by atoms with Gasteiger partial charge < -0.3 is 5.32 Å². The first kappa shape index (κ1) is 14.7. The Balaban J connectivity index is 2.47. The van der Waals surface area contributed by atoms with Crippen LogP contribution in [0.15, 0.2) is 30.6 Å². The van der Waals surface area contributed by atoms with Gasteiger partial charge in [-0.2, -0.15) is 0 Å². The number of benzene rings is 1. The Morgan fingerprint density at radius 1 is 1.38 bits per heavy atom. The normalized spacial score (nSPS) is 10.2. The molecule has 0 saturated heterocycles. The van der Waals surface area contributed by atoms with E-state index in [0.717, 1.165) is 5.06 Å². The second kappa shape index (κ2) is 6.14. The monoisotopic (exact) mass is 289 g/mol. The molecule has 0 aliphatic heterocycles. The van der Waals surface area contributed by atoms with Gasteiger partial charge in [0.15, 0.2) is 0 Å². The number of hydrogen-bond donors (Lipinski definition) is 1. The second-order valence-corrected chi connectivity index (χ2v) is 4.25. The molecule has 2 amide bonds. The number of nitrogens with one attached hydrogen (secondary N) is 1. The van der Waals surface area contributed by atoms with Crippen molar-refractivity contribution in [1.29, 1.82) is 0 Å². The summed E-state index contributed by atoms with van der Waals surface area (Å²) in [6, 6.07) is 4.84. The molecule has 0 unspecified atom stereocenters. The minimum absolute atomic E-state index is 0.218. The molecule has 1 aromatic carbocycles. The highest BCUT2D eigenvalue weighted by atomic mass is 16.7. The zero-order valence-electron chi connectivity index (χ0n) is 11.9. The van der Waals surface area contributed by atoms with Crippen LogP contribution >= 0.6 is 0 Å². The van der Waals surface area contributed by atoms with Gasteiger partial charge in [0.1, 0.15) is 0 Å². The average Bonchev–Trinajstić information content (AvgIpc) is 2.99. The van der Waals surface area contributed by atoms with Gasteiger partial charge >= 0.3 is 0 Å². The first-order valence-electron chi connectivity index (χ1n) is 6.13. The second-order valence-electron chi connectivity index (χ2n) is 4.25. The van der Waals surface area contributed by atoms with Gasteiger partial charge in [-0.05, 0) is 18.2 Å². The van der Waals surface area contributed by atoms with E-state index in [1.54, 1.807) is 24.4 Å². The lowest BCUT2D eigenvalue weighted by Gasteiger charge is -2.15. The summed E-state index contributed by atoms with van der Waals surface area (Å²) in [7, 11) is 2.92. The van der Waals surface area contributed by atoms with Crippen molar-refractivity contribution in [2.75, 3.05) is 19.5 Å². The third kappa shape index (κ3) is 3.23. The largest absolute Gasteiger partial charge is 0.324 e. The standard InChI is InChI=1S/C13H15N5O3/c1-9(19)15-11-5-4-10(13(20)17(2)21-3)8-12(11)18-7-6-14-16-18/h4-8H,1-3H3,(H,15,19). The van der Waals surface area contributed by atoms with Crippen LogP contribution in [0.5, 0.6) is 0 Å². The van der Waals surface area contributed by atoms with Crippen LogP contribution in [0.2, 0.25) is 0 Å². The Bertz CT molecular complexity index is 654. The quantitative estimate of drug-likeness (QED) is 0.843. The van der Waals surface area contributed by atoms with Crippen LogP contribution in [0.3, 0.4) is 0 Å². The summed E-state index contributed by atoms with van der Waals surface area (Å²) in [5.74, 6) is -0.530. The fourth-order valence-electron chi connectivity index (χ4n) is 1.75. The van der Waals surface area contributed by atoms with Crippen LogP contribution in [0.25, 0.3) is 5.69 Å². The molecule has 1 aromatic heterocycles. The van der Waals surface area contributed by atoms with Gasteiger partial charge in [0.2, 0.25) is 5.91 Å². The number of anilines is 1. The molecule has 0 spiro atoms. The van der Waals surface area contributed by atoms with Gasteiger partial charge in [0, 0.05) is 19.5 Å². The average molecular weight is 289 g/mol. The van der Waals surface area contributed by atoms with E-state index in [2.05, 4.69) is 15.6 Å². The summed E-state index contributed by atoms with van der Waals surface area (Å²) in [6.07, 6.45) is 3.13. The Labute approximate surface area is 121 Å². The van der Waals surface area contributed by atoms with Crippen molar-refractivity contribution in [1.82, 2.24) is 20.1 Å². The smallest absolute Gasteiger partial charge is 0.277 e. The van der Waals surface area contributed by atoms with Crippen molar-refractivity contribution in [3.05, 3.63) is 36.2 Å². The van der Waals surface area contributed by atoms with Gasteiger partial charge in [0.05, 0.1) is 30.9 Å². The molecule has 110 valence electrons. The van der Waals surface area contributed by atoms with E-state index in [1.165, 1.54) is 32.0 Å². The van der Waals surface area contributed by atoms with Crippen molar-refractivity contribution >= 4 is 17.5 Å². The molecular weight excluding hydrogens is 274 g/mol. The molecule has 0 saturated carbocycles. The highest BCUT2D eigenvalue weighted by molar-refractivity contribution is 5.96. The van der Waals surface area contributed by atoms with Crippen molar-refractivity contribution in [2.45, 2.75) is 6.92 Å². The molecule has 1 heterocycles. The van der Waals surface area contributed by atoms with Gasteiger partial charge in [-0.3, -0.25) is 14.4 Å². The van der Waals surface area contributed by atoms with Gasteiger partial charge in [-0.25, -0.2) is 9.75 Å². The molecule has 2 rings (SSSR count). The fraction of sp³-hybridized carbons (Fsp3) is 0.231. The molecule has 8 nitrogen and oxygen atoms in total. The lowest BCUT2D eigenvalue weighted by molar-refractivity contribution is -0.114. The zero-order valence-corrected chi connectivity index (χ0v) is 11.9. The first-order valence-corrected chi connectivity index (χ1v) is 6.13. The summed E-state index contributed by atoms with van der Waals surface area (Å²) in [5, 5.41) is 11.4. The van der Waals surface area contributed by atoms with E-state index < -0.39 is 0 Å². The molecule has 0 aliphatic carbocycles. The Morgan fingerprint density at radius 3 is 2.71 bits per heavy atom. The van der Waals surface area contributed by atoms with Crippen molar-refractivity contribution in [3.8, 4) is 5.69 Å². The molecule has 0 aliphatic rings. The first-order chi connectivity index (χ1) is 10.0. The molecule has 0 bridgehead atoms. The number of carbonyl (C=O) groups is 2. The molecule has 0 radical (unpaired) electrons. The molecule has 1 N–H and O–H groups in total. The molecular formula is C13H15N5O3. The lowest BCUT2D eigenvalue weighted by atomic mass is 10.1. The van der Waals surface area contributed by atoms with E-state index in [9.17, 15) is 9.59 Å². The zero-order chi connectivity index (χ0) is 15.4. The predicted molar refractivity (Wildman–Crippen MR) is 74.8 cm³/mol. The summed E-state index contributed by atoms with van der Waals surface area (Å²) in [6.45, 7) is 1.41. The third-order valence-electron chi connectivity index (χ3n) is 2.78. The Hall–Kier alpha value is -2.74. The SMILES string of the molecule is CON(C)C(=O)c1ccc(NC(C)=O)c(-n2ccnn2)c1. The van der Waals surface area contributed by atoms with E-state index in [4.69, 9.17) is 4.84 Å². The maximum absolute atomic E-state index is 12.1. The van der Waals surface area contributed by atoms with Crippen LogP contribution in [0.4, 0.5) is 5.69 Å². The van der Waals surface area contributed by atoms with Crippen molar-refractivity contribution in [3.63, 3.8) is 0 Å². The molecule has 8 heteroatoms. The molecule has 0 atom stereocenters. The van der Waals surface area contributed by atoms with Gasteiger partial charge in [0.25, 0.3) is 5.91 Å². The molecule has 2 aromatic rings. The number of carbonyl (C=O) groups excluding carboxylic acids is 2. The van der Waals surface area contributed by atoms with E-state index in [0.29, 0.717) is 16.9 Å². The summed E-state index contributed by atoms with van der Waals surface area (Å²) in [4.78, 5) is 28.2. The van der Waals surface area contributed by atoms with Crippen LogP contribution in [-0.4, -0.2) is 46.0 Å². The summed E-state index contributed by atoms with van der Waals surface area (Å²) in [5.41, 5.74) is 1.47. The molecule has 0 fully saturated rings. The minimum Gasteiger partial charge on any atom is -0.324 e. The number of aromatic nitrogens is 3. The van der Waals surface area contributed by atoms with Crippen LogP contribution < -0.4 is 5.32 Å². The van der Waals surface area contributed by atoms with Crippen LogP contribution in [0, 0.1) is 0 Å². The van der Waals surface area contributed by atoms with E-state index >= 15 is 0 Å². The minimum atomic E-state index is -0.312. The highest BCUT2D eigenvalue weighted by Crippen LogP contribution is 2.22. The summed E-state index contributed by atoms with van der Waals surface area (Å²) < 4.78 is 1.47. The predicted octanol–water partition coefficient (Wildman–Crippen LogP) is 0.859. The number of nitrogens with zero attached hydrogens (tertiary/aromatic N) is 4. The van der Waals surface area contributed by atoms with Gasteiger partial charge in [-0.1, -0.05) is 5.21 Å². The van der Waals surface area contributed by atoms with Crippen LogP contribution in [0.1, 0.15) is 17.3 Å². The molecule has 21 heavy (non-hydrogen) atoms. The number of amides is 2. The van der Waals surface area contributed by atoms with E-state index in [1.807, 2.05) is 0 Å². The number of rotatable bonds is 4. The van der Waals surface area contributed by atoms with Crippen molar-refractivity contribution in [2.24, 2.45) is 0 Å². The fourth-order valence-corrected chi connectivity index (χ4v) is 1.75. The third-order valence-corrected chi connectivity index (χ3v) is 2.78. The summed E-state index contributed by atoms with van der Waals surface area (Å²) >= 11 is 0. The Morgan fingerprint density at radius 2 is 2.14 bits per heavy atom. The lowest BCUT2D eigenvalue weighted by Crippen LogP contribution is -2.25. The van der Waals surface area contributed by atoms with Crippen molar-refractivity contribution < 1.29 is 14.4 Å². The maximum atomic E-state index is 12.1.